The van der Waals surface area contributed by atoms with Crippen molar-refractivity contribution >= 4 is 46.7 Å². The topological polar surface area (TPSA) is 42.8 Å². The summed E-state index contributed by atoms with van der Waals surface area (Å²) in [6.07, 6.45) is 1.62. The van der Waals surface area contributed by atoms with Crippen LogP contribution in [0.4, 0.5) is 5.69 Å². The van der Waals surface area contributed by atoms with Gasteiger partial charge in [-0.25, -0.2) is 0 Å². The molecule has 0 radical (unpaired) electrons. The smallest absolute Gasteiger partial charge is 0.161 e. The molecule has 0 fully saturated rings. The average molecular weight is 374 g/mol. The fourth-order valence-electron chi connectivity index (χ4n) is 1.86. The van der Waals surface area contributed by atoms with Crippen LogP contribution in [-0.2, 0) is 0 Å². The molecule has 122 valence electrons. The van der Waals surface area contributed by atoms with E-state index in [1.54, 1.807) is 25.5 Å². The van der Waals surface area contributed by atoms with Crippen LogP contribution in [0.25, 0.3) is 0 Å². The normalized spacial score (nSPS) is 10.8. The molecule has 0 aliphatic carbocycles. The second-order valence-electron chi connectivity index (χ2n) is 4.46. The summed E-state index contributed by atoms with van der Waals surface area (Å²) in [5.74, 6) is 1.32. The monoisotopic (exact) mass is 372 g/mol. The maximum atomic E-state index is 6.08. The summed E-state index contributed by atoms with van der Waals surface area (Å²) in [7, 11) is 1.59. The molecular weight excluding hydrogens is 359 g/mol. The van der Waals surface area contributed by atoms with E-state index in [4.69, 9.17) is 44.3 Å². The van der Waals surface area contributed by atoms with Gasteiger partial charge in [-0.05, 0) is 42.8 Å². The van der Waals surface area contributed by atoms with E-state index in [2.05, 4.69) is 10.5 Å². The molecule has 2 rings (SSSR count). The molecule has 0 saturated carbocycles. The standard InChI is InChI=1S/C16H15Cl3N2O2/c1-3-23-14-5-4-10(6-15(14)22-2)9-20-21-16-12(18)7-11(17)8-13(16)19/h4-9,21H,3H2,1-2H3/b20-9+. The van der Waals surface area contributed by atoms with Crippen LogP contribution in [-0.4, -0.2) is 19.9 Å². The molecule has 0 aromatic heterocycles. The quantitative estimate of drug-likeness (QED) is 0.537. The van der Waals surface area contributed by atoms with Crippen molar-refractivity contribution in [2.45, 2.75) is 6.92 Å². The number of methoxy groups -OCH3 is 1. The van der Waals surface area contributed by atoms with Crippen LogP contribution in [0.1, 0.15) is 12.5 Å². The molecular formula is C16H15Cl3N2O2. The van der Waals surface area contributed by atoms with Crippen molar-refractivity contribution in [1.82, 2.24) is 0 Å². The van der Waals surface area contributed by atoms with Crippen LogP contribution in [0.15, 0.2) is 35.4 Å². The highest BCUT2D eigenvalue weighted by Crippen LogP contribution is 2.33. The third kappa shape index (κ3) is 4.67. The summed E-state index contributed by atoms with van der Waals surface area (Å²) in [6, 6.07) is 8.69. The van der Waals surface area contributed by atoms with Crippen molar-refractivity contribution in [2.24, 2.45) is 5.10 Å². The van der Waals surface area contributed by atoms with E-state index in [0.29, 0.717) is 38.9 Å². The second kappa shape index (κ2) is 8.29. The van der Waals surface area contributed by atoms with Gasteiger partial charge in [-0.1, -0.05) is 34.8 Å². The fraction of sp³-hybridized carbons (Fsp3) is 0.188. The molecule has 0 bridgehead atoms. The summed E-state index contributed by atoms with van der Waals surface area (Å²) in [4.78, 5) is 0. The number of hydrogen-bond acceptors (Lipinski definition) is 4. The van der Waals surface area contributed by atoms with Crippen molar-refractivity contribution in [3.63, 3.8) is 0 Å². The minimum Gasteiger partial charge on any atom is -0.493 e. The largest absolute Gasteiger partial charge is 0.493 e. The number of ether oxygens (including phenoxy) is 2. The lowest BCUT2D eigenvalue weighted by Gasteiger charge is -2.09. The Hall–Kier alpha value is -1.62. The van der Waals surface area contributed by atoms with Gasteiger partial charge < -0.3 is 9.47 Å². The molecule has 0 atom stereocenters. The minimum absolute atomic E-state index is 0.393. The van der Waals surface area contributed by atoms with Gasteiger partial charge in [0.05, 0.1) is 35.7 Å². The molecule has 0 unspecified atom stereocenters. The summed E-state index contributed by atoms with van der Waals surface area (Å²) < 4.78 is 10.8. The number of rotatable bonds is 6. The number of nitrogens with zero attached hydrogens (tertiary/aromatic N) is 1. The molecule has 0 aliphatic rings. The molecule has 2 aromatic carbocycles. The molecule has 0 amide bonds. The summed E-state index contributed by atoms with van der Waals surface area (Å²) >= 11 is 18.0. The van der Waals surface area contributed by atoms with Crippen LogP contribution in [0, 0.1) is 0 Å². The zero-order valence-electron chi connectivity index (χ0n) is 12.6. The zero-order chi connectivity index (χ0) is 16.8. The lowest BCUT2D eigenvalue weighted by atomic mass is 10.2. The maximum Gasteiger partial charge on any atom is 0.161 e. The first-order valence-electron chi connectivity index (χ1n) is 6.79. The number of halogens is 3. The van der Waals surface area contributed by atoms with E-state index in [1.807, 2.05) is 25.1 Å². The van der Waals surface area contributed by atoms with Crippen LogP contribution in [0.5, 0.6) is 11.5 Å². The number of hydrazone groups is 1. The van der Waals surface area contributed by atoms with E-state index in [9.17, 15) is 0 Å². The predicted molar refractivity (Wildman–Crippen MR) is 96.9 cm³/mol. The summed E-state index contributed by atoms with van der Waals surface area (Å²) in [6.45, 7) is 2.48. The van der Waals surface area contributed by atoms with Gasteiger partial charge in [-0.3, -0.25) is 5.43 Å². The highest BCUT2D eigenvalue weighted by atomic mass is 35.5. The van der Waals surface area contributed by atoms with Crippen molar-refractivity contribution in [2.75, 3.05) is 19.1 Å². The molecule has 0 spiro atoms. The van der Waals surface area contributed by atoms with Gasteiger partial charge in [0.25, 0.3) is 0 Å². The molecule has 23 heavy (non-hydrogen) atoms. The summed E-state index contributed by atoms with van der Waals surface area (Å²) in [5.41, 5.74) is 4.13. The molecule has 0 heterocycles. The Bertz CT molecular complexity index is 697. The molecule has 1 N–H and O–H groups in total. The number of nitrogens with one attached hydrogen (secondary N) is 1. The SMILES string of the molecule is CCOc1ccc(/C=N/Nc2c(Cl)cc(Cl)cc2Cl)cc1OC. The minimum atomic E-state index is 0.393. The Labute approximate surface area is 150 Å². The lowest BCUT2D eigenvalue weighted by Crippen LogP contribution is -1.97. The number of anilines is 1. The zero-order valence-corrected chi connectivity index (χ0v) is 14.8. The Kier molecular flexibility index (Phi) is 6.39. The summed E-state index contributed by atoms with van der Waals surface area (Å²) in [5, 5.41) is 5.38. The predicted octanol–water partition coefficient (Wildman–Crippen LogP) is 5.50. The highest BCUT2D eigenvalue weighted by molar-refractivity contribution is 6.41. The van der Waals surface area contributed by atoms with Gasteiger partial charge in [0.1, 0.15) is 0 Å². The van der Waals surface area contributed by atoms with Crippen LogP contribution in [0.2, 0.25) is 15.1 Å². The van der Waals surface area contributed by atoms with Crippen LogP contribution >= 0.6 is 34.8 Å². The molecule has 7 heteroatoms. The van der Waals surface area contributed by atoms with E-state index in [0.717, 1.165) is 5.56 Å². The van der Waals surface area contributed by atoms with Crippen LogP contribution in [0.3, 0.4) is 0 Å². The van der Waals surface area contributed by atoms with Gasteiger partial charge in [0, 0.05) is 5.02 Å². The molecule has 0 aliphatic heterocycles. The number of benzene rings is 2. The Morgan fingerprint density at radius 2 is 1.78 bits per heavy atom. The van der Waals surface area contributed by atoms with E-state index < -0.39 is 0 Å². The third-order valence-corrected chi connectivity index (χ3v) is 3.70. The van der Waals surface area contributed by atoms with Crippen molar-refractivity contribution < 1.29 is 9.47 Å². The fourth-order valence-corrected chi connectivity index (χ4v) is 2.76. The van der Waals surface area contributed by atoms with Gasteiger partial charge in [0.15, 0.2) is 11.5 Å². The molecule has 4 nitrogen and oxygen atoms in total. The van der Waals surface area contributed by atoms with Crippen molar-refractivity contribution in [3.8, 4) is 11.5 Å². The first kappa shape index (κ1) is 17.7. The van der Waals surface area contributed by atoms with Gasteiger partial charge in [-0.2, -0.15) is 5.10 Å². The first-order valence-corrected chi connectivity index (χ1v) is 7.93. The highest BCUT2D eigenvalue weighted by Gasteiger charge is 2.07. The van der Waals surface area contributed by atoms with Gasteiger partial charge in [-0.15, -0.1) is 0 Å². The van der Waals surface area contributed by atoms with Crippen molar-refractivity contribution in [3.05, 3.63) is 51.0 Å². The Balaban J connectivity index is 2.15. The molecule has 2 aromatic rings. The number of hydrogen-bond donors (Lipinski definition) is 1. The molecule has 0 saturated heterocycles. The Morgan fingerprint density at radius 3 is 2.39 bits per heavy atom. The van der Waals surface area contributed by atoms with Gasteiger partial charge >= 0.3 is 0 Å². The van der Waals surface area contributed by atoms with Gasteiger partial charge in [0.2, 0.25) is 0 Å². The Morgan fingerprint density at radius 1 is 1.09 bits per heavy atom. The third-order valence-electron chi connectivity index (χ3n) is 2.88. The second-order valence-corrected chi connectivity index (χ2v) is 5.71. The van der Waals surface area contributed by atoms with Crippen LogP contribution < -0.4 is 14.9 Å². The lowest BCUT2D eigenvalue weighted by molar-refractivity contribution is 0.311. The van der Waals surface area contributed by atoms with E-state index in [1.165, 1.54) is 0 Å². The van der Waals surface area contributed by atoms with E-state index >= 15 is 0 Å². The maximum absolute atomic E-state index is 6.08. The van der Waals surface area contributed by atoms with E-state index in [-0.39, 0.29) is 0 Å². The van der Waals surface area contributed by atoms with Crippen molar-refractivity contribution in [1.29, 1.82) is 0 Å². The first-order chi connectivity index (χ1) is 11.0. The average Bonchev–Trinajstić information content (AvgIpc) is 2.51.